The molecule has 1 aromatic heterocycles. The van der Waals surface area contributed by atoms with Gasteiger partial charge in [0.15, 0.2) is 0 Å². The van der Waals surface area contributed by atoms with E-state index in [0.717, 1.165) is 5.01 Å². The van der Waals surface area contributed by atoms with E-state index in [1.807, 2.05) is 12.3 Å². The second kappa shape index (κ2) is 4.52. The molecule has 0 fully saturated rings. The molecule has 0 radical (unpaired) electrons. The Labute approximate surface area is 87.1 Å². The third-order valence-electron chi connectivity index (χ3n) is 2.16. The predicted octanol–water partition coefficient (Wildman–Crippen LogP) is 0.923. The number of aromatic nitrogens is 1. The fourth-order valence-electron chi connectivity index (χ4n) is 1.15. The van der Waals surface area contributed by atoms with Crippen LogP contribution in [0.5, 0.6) is 0 Å². The average Bonchev–Trinajstić information content (AvgIpc) is 2.70. The minimum Gasteiger partial charge on any atom is -0.469 e. The molecular weight excluding hydrogens is 200 g/mol. The first kappa shape index (κ1) is 11.1. The Kier molecular flexibility index (Phi) is 3.60. The maximum atomic E-state index is 11.2. The zero-order valence-electron chi connectivity index (χ0n) is 8.32. The Morgan fingerprint density at radius 2 is 2.50 bits per heavy atom. The summed E-state index contributed by atoms with van der Waals surface area (Å²) < 4.78 is 4.63. The summed E-state index contributed by atoms with van der Waals surface area (Å²) in [6.45, 7) is 2.30. The molecule has 0 aliphatic heterocycles. The maximum absolute atomic E-state index is 11.2. The second-order valence-electron chi connectivity index (χ2n) is 3.35. The maximum Gasteiger partial charge on any atom is 0.306 e. The van der Waals surface area contributed by atoms with Gasteiger partial charge in [-0.05, 0) is 0 Å². The summed E-state index contributed by atoms with van der Waals surface area (Å²) in [6.07, 6.45) is 1.98. The lowest BCUT2D eigenvalue weighted by Crippen LogP contribution is -2.34. The van der Waals surface area contributed by atoms with Gasteiger partial charge in [0, 0.05) is 23.5 Å². The lowest BCUT2D eigenvalue weighted by molar-refractivity contribution is -0.141. The van der Waals surface area contributed by atoms with Gasteiger partial charge in [0.2, 0.25) is 0 Å². The van der Waals surface area contributed by atoms with E-state index in [9.17, 15) is 4.79 Å². The average molecular weight is 214 g/mol. The largest absolute Gasteiger partial charge is 0.469 e. The SMILES string of the molecule is COC(=O)CC(C)(CN)c1nccs1. The van der Waals surface area contributed by atoms with Gasteiger partial charge in [-0.15, -0.1) is 11.3 Å². The monoisotopic (exact) mass is 214 g/mol. The van der Waals surface area contributed by atoms with Gasteiger partial charge < -0.3 is 10.5 Å². The first-order valence-electron chi connectivity index (χ1n) is 4.29. The van der Waals surface area contributed by atoms with Crippen LogP contribution in [0.4, 0.5) is 0 Å². The molecule has 0 aliphatic carbocycles. The number of nitrogens with zero attached hydrogens (tertiary/aromatic N) is 1. The van der Waals surface area contributed by atoms with E-state index >= 15 is 0 Å². The van der Waals surface area contributed by atoms with Crippen LogP contribution in [-0.2, 0) is 14.9 Å². The quantitative estimate of drug-likeness (QED) is 0.757. The fraction of sp³-hybridized carbons (Fsp3) is 0.556. The van der Waals surface area contributed by atoms with Crippen LogP contribution >= 0.6 is 11.3 Å². The molecule has 1 aromatic rings. The number of nitrogens with two attached hydrogens (primary N) is 1. The van der Waals surface area contributed by atoms with E-state index in [0.29, 0.717) is 6.54 Å². The summed E-state index contributed by atoms with van der Waals surface area (Å²) in [6, 6.07) is 0. The predicted molar refractivity (Wildman–Crippen MR) is 55.2 cm³/mol. The van der Waals surface area contributed by atoms with Crippen LogP contribution in [0.3, 0.4) is 0 Å². The molecule has 0 aromatic carbocycles. The molecule has 0 saturated heterocycles. The Hall–Kier alpha value is -0.940. The molecule has 2 N–H and O–H groups in total. The lowest BCUT2D eigenvalue weighted by atomic mass is 9.88. The molecule has 0 bridgehead atoms. The van der Waals surface area contributed by atoms with Crippen molar-refractivity contribution in [1.29, 1.82) is 0 Å². The van der Waals surface area contributed by atoms with E-state index in [1.165, 1.54) is 18.4 Å². The highest BCUT2D eigenvalue weighted by Crippen LogP contribution is 2.28. The highest BCUT2D eigenvalue weighted by molar-refractivity contribution is 7.09. The normalized spacial score (nSPS) is 14.8. The zero-order valence-corrected chi connectivity index (χ0v) is 9.13. The molecular formula is C9H14N2O2S. The number of esters is 1. The van der Waals surface area contributed by atoms with Gasteiger partial charge in [-0.2, -0.15) is 0 Å². The highest BCUT2D eigenvalue weighted by Gasteiger charge is 2.31. The van der Waals surface area contributed by atoms with Crippen LogP contribution in [0.25, 0.3) is 0 Å². The molecule has 14 heavy (non-hydrogen) atoms. The van der Waals surface area contributed by atoms with Gasteiger partial charge in [-0.1, -0.05) is 6.92 Å². The molecule has 4 nitrogen and oxygen atoms in total. The van der Waals surface area contributed by atoms with Crippen molar-refractivity contribution in [3.8, 4) is 0 Å². The van der Waals surface area contributed by atoms with Crippen molar-refractivity contribution in [2.45, 2.75) is 18.8 Å². The van der Waals surface area contributed by atoms with E-state index in [2.05, 4.69) is 9.72 Å². The molecule has 5 heteroatoms. The number of carbonyl (C=O) groups is 1. The Balaban J connectivity index is 2.82. The third kappa shape index (κ3) is 2.30. The molecule has 0 aliphatic rings. The van der Waals surface area contributed by atoms with Crippen LogP contribution < -0.4 is 5.73 Å². The molecule has 1 rings (SSSR count). The standard InChI is InChI=1S/C9H14N2O2S/c1-9(6-10,5-7(12)13-2)8-11-3-4-14-8/h3-4H,5-6,10H2,1-2H3. The van der Waals surface area contributed by atoms with E-state index < -0.39 is 5.41 Å². The minimum atomic E-state index is -0.402. The molecule has 0 saturated carbocycles. The van der Waals surface area contributed by atoms with Crippen LogP contribution in [0, 0.1) is 0 Å². The zero-order chi connectivity index (χ0) is 10.6. The summed E-state index contributed by atoms with van der Waals surface area (Å²) in [5, 5.41) is 2.76. The Morgan fingerprint density at radius 1 is 1.79 bits per heavy atom. The molecule has 0 amide bonds. The summed E-state index contributed by atoms with van der Waals surface area (Å²) in [5.41, 5.74) is 5.26. The van der Waals surface area contributed by atoms with E-state index in [4.69, 9.17) is 5.73 Å². The first-order chi connectivity index (χ1) is 6.62. The number of hydrogen-bond donors (Lipinski definition) is 1. The van der Waals surface area contributed by atoms with E-state index in [1.54, 1.807) is 6.20 Å². The van der Waals surface area contributed by atoms with Crippen molar-refractivity contribution in [3.05, 3.63) is 16.6 Å². The highest BCUT2D eigenvalue weighted by atomic mass is 32.1. The van der Waals surface area contributed by atoms with Crippen molar-refractivity contribution in [2.75, 3.05) is 13.7 Å². The second-order valence-corrected chi connectivity index (χ2v) is 4.25. The number of thiazole rings is 1. The summed E-state index contributed by atoms with van der Waals surface area (Å²) in [5.74, 6) is -0.256. The molecule has 1 unspecified atom stereocenters. The number of rotatable bonds is 4. The number of methoxy groups -OCH3 is 1. The Bertz CT molecular complexity index is 300. The number of hydrogen-bond acceptors (Lipinski definition) is 5. The summed E-state index contributed by atoms with van der Waals surface area (Å²) in [4.78, 5) is 15.4. The fourth-order valence-corrected chi connectivity index (χ4v) is 1.96. The lowest BCUT2D eigenvalue weighted by Gasteiger charge is -2.23. The van der Waals surface area contributed by atoms with Crippen LogP contribution in [0.2, 0.25) is 0 Å². The smallest absolute Gasteiger partial charge is 0.306 e. The minimum absolute atomic E-state index is 0.256. The summed E-state index contributed by atoms with van der Waals surface area (Å²) >= 11 is 1.51. The van der Waals surface area contributed by atoms with Crippen molar-refractivity contribution < 1.29 is 9.53 Å². The van der Waals surface area contributed by atoms with Crippen molar-refractivity contribution in [2.24, 2.45) is 5.73 Å². The molecule has 78 valence electrons. The molecule has 0 spiro atoms. The number of ether oxygens (including phenoxy) is 1. The first-order valence-corrected chi connectivity index (χ1v) is 5.17. The number of carbonyl (C=O) groups excluding carboxylic acids is 1. The van der Waals surface area contributed by atoms with E-state index in [-0.39, 0.29) is 12.4 Å². The van der Waals surface area contributed by atoms with Crippen molar-refractivity contribution in [3.63, 3.8) is 0 Å². The van der Waals surface area contributed by atoms with Crippen LogP contribution in [0.15, 0.2) is 11.6 Å². The van der Waals surface area contributed by atoms with Gasteiger partial charge in [0.05, 0.1) is 13.5 Å². The van der Waals surface area contributed by atoms with Crippen molar-refractivity contribution in [1.82, 2.24) is 4.98 Å². The van der Waals surface area contributed by atoms with Gasteiger partial charge in [0.1, 0.15) is 5.01 Å². The molecule has 1 atom stereocenters. The third-order valence-corrected chi connectivity index (χ3v) is 3.24. The van der Waals surface area contributed by atoms with Crippen LogP contribution in [0.1, 0.15) is 18.4 Å². The van der Waals surface area contributed by atoms with Gasteiger partial charge in [0.25, 0.3) is 0 Å². The Morgan fingerprint density at radius 3 is 2.93 bits per heavy atom. The van der Waals surface area contributed by atoms with Gasteiger partial charge in [-0.25, -0.2) is 4.98 Å². The molecule has 1 heterocycles. The van der Waals surface area contributed by atoms with Crippen LogP contribution in [-0.4, -0.2) is 24.6 Å². The topological polar surface area (TPSA) is 65.2 Å². The van der Waals surface area contributed by atoms with Gasteiger partial charge >= 0.3 is 5.97 Å². The summed E-state index contributed by atoms with van der Waals surface area (Å²) in [7, 11) is 1.38. The van der Waals surface area contributed by atoms with Gasteiger partial charge in [-0.3, -0.25) is 4.79 Å². The van der Waals surface area contributed by atoms with Crippen molar-refractivity contribution >= 4 is 17.3 Å².